The molecule has 0 radical (unpaired) electrons. The molecule has 342 valence electrons. The van der Waals surface area contributed by atoms with Crippen molar-refractivity contribution < 1.29 is 28.6 Å². The van der Waals surface area contributed by atoms with Crippen molar-refractivity contribution in [1.82, 2.24) is 0 Å². The van der Waals surface area contributed by atoms with Crippen LogP contribution in [-0.2, 0) is 28.6 Å². The molecule has 0 heterocycles. The maximum absolute atomic E-state index is 12.8. The summed E-state index contributed by atoms with van der Waals surface area (Å²) >= 11 is 0. The van der Waals surface area contributed by atoms with Crippen molar-refractivity contribution in [3.63, 3.8) is 0 Å². The second-order valence-electron chi connectivity index (χ2n) is 15.3. The number of esters is 3. The van der Waals surface area contributed by atoms with Gasteiger partial charge >= 0.3 is 17.9 Å². The van der Waals surface area contributed by atoms with E-state index >= 15 is 0 Å². The van der Waals surface area contributed by atoms with E-state index in [1.54, 1.807) is 0 Å². The zero-order valence-corrected chi connectivity index (χ0v) is 38.9. The average molecular weight is 843 g/mol. The first kappa shape index (κ1) is 56.8. The van der Waals surface area contributed by atoms with E-state index in [-0.39, 0.29) is 37.5 Å². The fraction of sp³-hybridized carbons (Fsp3) is 0.582. The molecular formula is C55H86O6. The summed E-state index contributed by atoms with van der Waals surface area (Å²) in [4.78, 5) is 37.8. The first-order valence-electron chi connectivity index (χ1n) is 24.1. The molecule has 61 heavy (non-hydrogen) atoms. The number of allylic oxidation sites excluding steroid dienone is 20. The van der Waals surface area contributed by atoms with Crippen molar-refractivity contribution >= 4 is 17.9 Å². The van der Waals surface area contributed by atoms with Gasteiger partial charge in [-0.05, 0) is 96.3 Å². The zero-order chi connectivity index (χ0) is 44.4. The Balaban J connectivity index is 4.54. The van der Waals surface area contributed by atoms with Gasteiger partial charge in [-0.25, -0.2) is 0 Å². The first-order chi connectivity index (χ1) is 30.0. The lowest BCUT2D eigenvalue weighted by atomic mass is 10.1. The second kappa shape index (κ2) is 48.5. The Morgan fingerprint density at radius 2 is 0.738 bits per heavy atom. The van der Waals surface area contributed by atoms with E-state index in [4.69, 9.17) is 14.2 Å². The van der Waals surface area contributed by atoms with Gasteiger partial charge in [0, 0.05) is 19.3 Å². The number of unbranched alkanes of at least 4 members (excludes halogenated alkanes) is 13. The van der Waals surface area contributed by atoms with E-state index in [9.17, 15) is 14.4 Å². The summed E-state index contributed by atoms with van der Waals surface area (Å²) in [5.41, 5.74) is 0. The highest BCUT2D eigenvalue weighted by Gasteiger charge is 2.19. The molecular weight excluding hydrogens is 757 g/mol. The predicted molar refractivity (Wildman–Crippen MR) is 260 cm³/mol. The molecule has 0 aliphatic heterocycles. The molecule has 0 saturated heterocycles. The van der Waals surface area contributed by atoms with E-state index < -0.39 is 6.10 Å². The van der Waals surface area contributed by atoms with E-state index in [1.807, 2.05) is 0 Å². The Morgan fingerprint density at radius 1 is 0.361 bits per heavy atom. The normalized spacial score (nSPS) is 13.2. The minimum absolute atomic E-state index is 0.119. The van der Waals surface area contributed by atoms with Gasteiger partial charge in [0.1, 0.15) is 13.2 Å². The first-order valence-corrected chi connectivity index (χ1v) is 24.1. The maximum Gasteiger partial charge on any atom is 0.306 e. The van der Waals surface area contributed by atoms with Crippen LogP contribution in [0.2, 0.25) is 0 Å². The quantitative estimate of drug-likeness (QED) is 0.0201. The van der Waals surface area contributed by atoms with Crippen molar-refractivity contribution in [3.05, 3.63) is 122 Å². The molecule has 0 fully saturated rings. The molecule has 0 aliphatic rings. The summed E-state index contributed by atoms with van der Waals surface area (Å²) in [5, 5.41) is 0. The number of ether oxygens (including phenoxy) is 3. The van der Waals surface area contributed by atoms with Crippen LogP contribution in [0, 0.1) is 0 Å². The van der Waals surface area contributed by atoms with E-state index in [0.29, 0.717) is 19.3 Å². The Labute approximate surface area is 373 Å². The van der Waals surface area contributed by atoms with Crippen LogP contribution in [-0.4, -0.2) is 37.2 Å². The summed E-state index contributed by atoms with van der Waals surface area (Å²) in [6.45, 7) is 6.23. The Hall–Kier alpha value is -4.19. The van der Waals surface area contributed by atoms with Gasteiger partial charge in [0.05, 0.1) is 0 Å². The van der Waals surface area contributed by atoms with Gasteiger partial charge in [0.25, 0.3) is 0 Å². The summed E-state index contributed by atoms with van der Waals surface area (Å²) in [5.74, 6) is -1.03. The summed E-state index contributed by atoms with van der Waals surface area (Å²) < 4.78 is 16.7. The molecule has 0 aromatic carbocycles. The third-order valence-electron chi connectivity index (χ3n) is 9.52. The van der Waals surface area contributed by atoms with Crippen molar-refractivity contribution in [3.8, 4) is 0 Å². The van der Waals surface area contributed by atoms with Gasteiger partial charge in [-0.3, -0.25) is 14.4 Å². The number of carbonyl (C=O) groups excluding carboxylic acids is 3. The minimum atomic E-state index is -0.820. The molecule has 0 N–H and O–H groups in total. The minimum Gasteiger partial charge on any atom is -0.462 e. The molecule has 0 aliphatic carbocycles. The molecule has 0 rings (SSSR count). The molecule has 1 atom stereocenters. The van der Waals surface area contributed by atoms with Gasteiger partial charge in [0.2, 0.25) is 0 Å². The molecule has 0 bridgehead atoms. The van der Waals surface area contributed by atoms with Gasteiger partial charge in [0.15, 0.2) is 6.10 Å². The molecule has 0 saturated carbocycles. The smallest absolute Gasteiger partial charge is 0.306 e. The Bertz CT molecular complexity index is 1340. The van der Waals surface area contributed by atoms with Crippen LogP contribution < -0.4 is 0 Å². The predicted octanol–water partition coefficient (Wildman–Crippen LogP) is 15.7. The average Bonchev–Trinajstić information content (AvgIpc) is 3.26. The molecule has 0 amide bonds. The van der Waals surface area contributed by atoms with Gasteiger partial charge in [-0.2, -0.15) is 0 Å². The number of hydrogen-bond acceptors (Lipinski definition) is 6. The van der Waals surface area contributed by atoms with E-state index in [0.717, 1.165) is 109 Å². The van der Waals surface area contributed by atoms with Crippen molar-refractivity contribution in [2.45, 2.75) is 194 Å². The van der Waals surface area contributed by atoms with Crippen LogP contribution in [0.5, 0.6) is 0 Å². The summed E-state index contributed by atoms with van der Waals surface area (Å²) in [6.07, 6.45) is 66.1. The fourth-order valence-electron chi connectivity index (χ4n) is 5.92. The van der Waals surface area contributed by atoms with Crippen molar-refractivity contribution in [1.29, 1.82) is 0 Å². The van der Waals surface area contributed by atoms with E-state index in [1.165, 1.54) is 32.1 Å². The van der Waals surface area contributed by atoms with Crippen LogP contribution in [0.3, 0.4) is 0 Å². The van der Waals surface area contributed by atoms with Crippen LogP contribution in [0.1, 0.15) is 188 Å². The topological polar surface area (TPSA) is 78.9 Å². The molecule has 0 aromatic heterocycles. The largest absolute Gasteiger partial charge is 0.462 e. The molecule has 1 unspecified atom stereocenters. The fourth-order valence-corrected chi connectivity index (χ4v) is 5.92. The highest BCUT2D eigenvalue weighted by atomic mass is 16.6. The number of hydrogen-bond donors (Lipinski definition) is 0. The highest BCUT2D eigenvalue weighted by molar-refractivity contribution is 5.71. The lowest BCUT2D eigenvalue weighted by molar-refractivity contribution is -0.167. The van der Waals surface area contributed by atoms with Crippen molar-refractivity contribution in [2.24, 2.45) is 0 Å². The van der Waals surface area contributed by atoms with Crippen LogP contribution in [0.15, 0.2) is 122 Å². The van der Waals surface area contributed by atoms with Gasteiger partial charge in [-0.15, -0.1) is 0 Å². The maximum atomic E-state index is 12.8. The number of rotatable bonds is 41. The lowest BCUT2D eigenvalue weighted by Crippen LogP contribution is -2.30. The third-order valence-corrected chi connectivity index (χ3v) is 9.52. The van der Waals surface area contributed by atoms with Crippen LogP contribution in [0.4, 0.5) is 0 Å². The Kier molecular flexibility index (Phi) is 45.1. The summed E-state index contributed by atoms with van der Waals surface area (Å²) in [6, 6.07) is 0. The van der Waals surface area contributed by atoms with Gasteiger partial charge < -0.3 is 14.2 Å². The third kappa shape index (κ3) is 46.7. The Morgan fingerprint density at radius 3 is 1.26 bits per heavy atom. The molecule has 0 spiro atoms. The van der Waals surface area contributed by atoms with E-state index in [2.05, 4.69) is 142 Å². The van der Waals surface area contributed by atoms with Crippen LogP contribution in [0.25, 0.3) is 0 Å². The highest BCUT2D eigenvalue weighted by Crippen LogP contribution is 2.12. The molecule has 0 aromatic rings. The zero-order valence-electron chi connectivity index (χ0n) is 38.9. The van der Waals surface area contributed by atoms with Crippen molar-refractivity contribution in [2.75, 3.05) is 13.2 Å². The van der Waals surface area contributed by atoms with Gasteiger partial charge in [-0.1, -0.05) is 194 Å². The number of carbonyl (C=O) groups is 3. The molecule has 6 heteroatoms. The molecule has 6 nitrogen and oxygen atoms in total. The van der Waals surface area contributed by atoms with Crippen LogP contribution >= 0.6 is 0 Å². The lowest BCUT2D eigenvalue weighted by Gasteiger charge is -2.18. The second-order valence-corrected chi connectivity index (χ2v) is 15.3. The SMILES string of the molecule is CC\C=C/C=C\C=C/CCCCCCCCCC(=O)OC(COC(=O)CCC/C=C\C/C=C\C/C=C\C/C=C\C/C=C\CC)COC(=O)CCCCC/C=C\C=C/CCCC. The summed E-state index contributed by atoms with van der Waals surface area (Å²) in [7, 11) is 0. The monoisotopic (exact) mass is 843 g/mol. The standard InChI is InChI=1S/C55H86O6/c1-4-7-10-13-16-19-22-24-26-27-29-30-33-36-39-42-45-48-54(57)60-51-52(50-59-53(56)47-44-41-38-35-32-21-18-15-12-9-6-3)61-55(58)49-46-43-40-37-34-31-28-25-23-20-17-14-11-8-5-2/h7-8,10-11,14-21,23-24,26,29-30,32,36,39,52H,4-6,9,12-13,22,25,27-28,31,33-35,37-38,40-51H2,1-3H3/b10-7-,11-8-,17-14-,18-15-,19-16-,23-20-,26-24-,30-29-,32-21-,39-36-.